The first-order chi connectivity index (χ1) is 8.15. The van der Waals surface area contributed by atoms with E-state index in [1.807, 2.05) is 11.9 Å². The summed E-state index contributed by atoms with van der Waals surface area (Å²) in [6, 6.07) is 0.149. The summed E-state index contributed by atoms with van der Waals surface area (Å²) in [6.07, 6.45) is 4.96. The number of hydrogen-bond acceptors (Lipinski definition) is 3. The second-order valence-corrected chi connectivity index (χ2v) is 5.23. The lowest BCUT2D eigenvalue weighted by Crippen LogP contribution is -2.46. The molecule has 1 aliphatic carbocycles. The molecule has 1 saturated carbocycles. The van der Waals surface area contributed by atoms with Crippen molar-refractivity contribution in [3.63, 3.8) is 0 Å². The van der Waals surface area contributed by atoms with Gasteiger partial charge in [0.15, 0.2) is 5.78 Å². The highest BCUT2D eigenvalue weighted by atomic mass is 16.2. The van der Waals surface area contributed by atoms with E-state index in [-0.39, 0.29) is 23.7 Å². The Kier molecular flexibility index (Phi) is 3.82. The molecular weight excluding hydrogens is 216 g/mol. The molecule has 2 fully saturated rings. The molecule has 1 heterocycles. The van der Waals surface area contributed by atoms with Crippen LogP contribution in [0.3, 0.4) is 0 Å². The van der Waals surface area contributed by atoms with Crippen LogP contribution in [0.15, 0.2) is 0 Å². The highest BCUT2D eigenvalue weighted by Crippen LogP contribution is 2.30. The summed E-state index contributed by atoms with van der Waals surface area (Å²) < 4.78 is 0. The third-order valence-electron chi connectivity index (χ3n) is 4.21. The monoisotopic (exact) mass is 238 g/mol. The molecule has 0 radical (unpaired) electrons. The molecule has 1 N–H and O–H groups in total. The van der Waals surface area contributed by atoms with Gasteiger partial charge in [-0.1, -0.05) is 6.42 Å². The van der Waals surface area contributed by atoms with E-state index in [9.17, 15) is 9.59 Å². The smallest absolute Gasteiger partial charge is 0.227 e. The van der Waals surface area contributed by atoms with Crippen molar-refractivity contribution in [2.75, 3.05) is 13.6 Å². The molecular formula is C13H22N2O2. The minimum Gasteiger partial charge on any atom is -0.332 e. The van der Waals surface area contributed by atoms with Gasteiger partial charge in [-0.3, -0.25) is 9.59 Å². The minimum atomic E-state index is -0.152. The van der Waals surface area contributed by atoms with Crippen molar-refractivity contribution < 1.29 is 9.59 Å². The van der Waals surface area contributed by atoms with E-state index in [4.69, 9.17) is 0 Å². The van der Waals surface area contributed by atoms with Crippen molar-refractivity contribution >= 4 is 11.7 Å². The highest BCUT2D eigenvalue weighted by Gasteiger charge is 2.39. The first kappa shape index (κ1) is 12.6. The topological polar surface area (TPSA) is 49.4 Å². The van der Waals surface area contributed by atoms with Crippen molar-refractivity contribution in [2.45, 2.75) is 51.1 Å². The van der Waals surface area contributed by atoms with E-state index in [1.54, 1.807) is 6.92 Å². The Labute approximate surface area is 103 Å². The molecule has 0 aromatic carbocycles. The molecule has 1 aliphatic heterocycles. The van der Waals surface area contributed by atoms with Gasteiger partial charge in [0.05, 0.1) is 12.0 Å². The first-order valence-corrected chi connectivity index (χ1v) is 6.63. The zero-order valence-electron chi connectivity index (χ0n) is 10.7. The Morgan fingerprint density at radius 3 is 2.59 bits per heavy atom. The molecule has 96 valence electrons. The van der Waals surface area contributed by atoms with Crippen LogP contribution in [0.4, 0.5) is 0 Å². The van der Waals surface area contributed by atoms with Gasteiger partial charge in [0, 0.05) is 12.6 Å². The van der Waals surface area contributed by atoms with Crippen LogP contribution in [-0.4, -0.2) is 42.3 Å². The Balaban J connectivity index is 2.06. The van der Waals surface area contributed by atoms with Crippen molar-refractivity contribution in [2.24, 2.45) is 5.92 Å². The number of ketones is 1. The molecule has 17 heavy (non-hydrogen) atoms. The molecule has 1 amide bonds. The summed E-state index contributed by atoms with van der Waals surface area (Å²) in [6.45, 7) is 2.36. The fourth-order valence-corrected chi connectivity index (χ4v) is 3.27. The largest absolute Gasteiger partial charge is 0.332 e. The van der Waals surface area contributed by atoms with Gasteiger partial charge in [0.2, 0.25) is 5.91 Å². The van der Waals surface area contributed by atoms with Crippen LogP contribution >= 0.6 is 0 Å². The van der Waals surface area contributed by atoms with Gasteiger partial charge in [0.25, 0.3) is 0 Å². The van der Waals surface area contributed by atoms with Gasteiger partial charge in [-0.05, 0) is 39.7 Å². The van der Waals surface area contributed by atoms with Gasteiger partial charge < -0.3 is 10.2 Å². The third kappa shape index (κ3) is 2.37. The fraction of sp³-hybridized carbons (Fsp3) is 0.846. The van der Waals surface area contributed by atoms with Crippen LogP contribution in [0, 0.1) is 5.92 Å². The Morgan fingerprint density at radius 2 is 1.94 bits per heavy atom. The zero-order chi connectivity index (χ0) is 12.4. The number of carbonyl (C=O) groups excluding carboxylic acids is 2. The van der Waals surface area contributed by atoms with Crippen LogP contribution in [-0.2, 0) is 9.59 Å². The quantitative estimate of drug-likeness (QED) is 0.796. The summed E-state index contributed by atoms with van der Waals surface area (Å²) in [7, 11) is 1.92. The number of Topliss-reactive ketones (excluding diaryl/α,β-unsaturated/α-hetero) is 1. The van der Waals surface area contributed by atoms with Gasteiger partial charge >= 0.3 is 0 Å². The van der Waals surface area contributed by atoms with Gasteiger partial charge in [-0.15, -0.1) is 0 Å². The van der Waals surface area contributed by atoms with Crippen LogP contribution in [0.1, 0.15) is 39.0 Å². The Hall–Kier alpha value is -0.900. The summed E-state index contributed by atoms with van der Waals surface area (Å²) in [4.78, 5) is 25.8. The van der Waals surface area contributed by atoms with Gasteiger partial charge in [-0.25, -0.2) is 0 Å². The lowest BCUT2D eigenvalue weighted by molar-refractivity contribution is -0.140. The molecule has 4 heteroatoms. The molecule has 0 aromatic rings. The first-order valence-electron chi connectivity index (χ1n) is 6.63. The zero-order valence-corrected chi connectivity index (χ0v) is 10.7. The van der Waals surface area contributed by atoms with E-state index in [1.165, 1.54) is 0 Å². The number of rotatable bonds is 3. The van der Waals surface area contributed by atoms with Gasteiger partial charge in [0.1, 0.15) is 0 Å². The van der Waals surface area contributed by atoms with Crippen molar-refractivity contribution in [3.8, 4) is 0 Å². The average Bonchev–Trinajstić information content (AvgIpc) is 2.96. The molecule has 0 bridgehead atoms. The fourth-order valence-electron chi connectivity index (χ4n) is 3.27. The molecule has 3 atom stereocenters. The molecule has 3 unspecified atom stereocenters. The number of amides is 1. The Bertz CT molecular complexity index is 317. The Morgan fingerprint density at radius 1 is 1.18 bits per heavy atom. The van der Waals surface area contributed by atoms with E-state index in [0.29, 0.717) is 6.04 Å². The standard InChI is InChI=1S/C13H22N2O2/c1-9(16)12-7-4-8-15(12)13(17)10-5-3-6-11(10)14-2/h10-12,14H,3-8H2,1-2H3. The summed E-state index contributed by atoms with van der Waals surface area (Å²) in [5, 5.41) is 3.23. The summed E-state index contributed by atoms with van der Waals surface area (Å²) in [5.41, 5.74) is 0. The van der Waals surface area contributed by atoms with Crippen LogP contribution in [0.25, 0.3) is 0 Å². The van der Waals surface area contributed by atoms with Crippen LogP contribution < -0.4 is 5.32 Å². The summed E-state index contributed by atoms with van der Waals surface area (Å²) in [5.74, 6) is 0.411. The normalized spacial score (nSPS) is 33.1. The molecule has 4 nitrogen and oxygen atoms in total. The third-order valence-corrected chi connectivity index (χ3v) is 4.21. The maximum atomic E-state index is 12.5. The highest BCUT2D eigenvalue weighted by molar-refractivity contribution is 5.89. The maximum absolute atomic E-state index is 12.5. The van der Waals surface area contributed by atoms with E-state index >= 15 is 0 Å². The van der Waals surface area contributed by atoms with Crippen LogP contribution in [0.2, 0.25) is 0 Å². The lowest BCUT2D eigenvalue weighted by Gasteiger charge is -2.28. The number of likely N-dealkylation sites (tertiary alicyclic amines) is 1. The van der Waals surface area contributed by atoms with Crippen molar-refractivity contribution in [1.29, 1.82) is 0 Å². The SMILES string of the molecule is CNC1CCCC1C(=O)N1CCCC1C(C)=O. The number of nitrogens with zero attached hydrogens (tertiary/aromatic N) is 1. The molecule has 0 aromatic heterocycles. The second-order valence-electron chi connectivity index (χ2n) is 5.23. The second kappa shape index (κ2) is 5.17. The molecule has 0 spiro atoms. The predicted molar refractivity (Wildman–Crippen MR) is 65.6 cm³/mol. The van der Waals surface area contributed by atoms with E-state index < -0.39 is 0 Å². The number of carbonyl (C=O) groups is 2. The van der Waals surface area contributed by atoms with Crippen molar-refractivity contribution in [1.82, 2.24) is 10.2 Å². The molecule has 2 aliphatic rings. The number of hydrogen-bond donors (Lipinski definition) is 1. The maximum Gasteiger partial charge on any atom is 0.227 e. The number of nitrogens with one attached hydrogen (secondary N) is 1. The average molecular weight is 238 g/mol. The van der Waals surface area contributed by atoms with Crippen molar-refractivity contribution in [3.05, 3.63) is 0 Å². The van der Waals surface area contributed by atoms with E-state index in [0.717, 1.165) is 38.6 Å². The van der Waals surface area contributed by atoms with Gasteiger partial charge in [-0.2, -0.15) is 0 Å². The minimum absolute atomic E-state index is 0.0833. The van der Waals surface area contributed by atoms with Crippen LogP contribution in [0.5, 0.6) is 0 Å². The molecule has 1 saturated heterocycles. The molecule has 2 rings (SSSR count). The summed E-state index contributed by atoms with van der Waals surface area (Å²) >= 11 is 0. The predicted octanol–water partition coefficient (Wildman–Crippen LogP) is 0.954. The van der Waals surface area contributed by atoms with E-state index in [2.05, 4.69) is 5.32 Å². The lowest BCUT2D eigenvalue weighted by atomic mass is 10.0.